The number of hydrogen-bond donors (Lipinski definition) is 0. The number of rotatable bonds is 7. The molecule has 2 aromatic heterocycles. The summed E-state index contributed by atoms with van der Waals surface area (Å²) in [6.07, 6.45) is -8.95. The molecule has 0 saturated carbocycles. The Morgan fingerprint density at radius 1 is 0.385 bits per heavy atom. The summed E-state index contributed by atoms with van der Waals surface area (Å²) in [5, 5.41) is 5.89. The molecule has 0 saturated heterocycles. The van der Waals surface area contributed by atoms with Crippen molar-refractivity contribution in [3.05, 3.63) is 210 Å². The second-order valence-electron chi connectivity index (χ2n) is 16.6. The van der Waals surface area contributed by atoms with E-state index in [1.54, 1.807) is 0 Å². The highest BCUT2D eigenvalue weighted by atomic mass is 19.4. The van der Waals surface area contributed by atoms with Crippen LogP contribution in [0.2, 0.25) is 0 Å². The summed E-state index contributed by atoms with van der Waals surface area (Å²) in [5.74, 6) is 0. The second kappa shape index (κ2) is 14.9. The molecule has 0 aliphatic rings. The third-order valence-electron chi connectivity index (χ3n) is 12.5. The number of nitrogens with zero attached hydrogens (tertiary/aromatic N) is 3. The van der Waals surface area contributed by atoms with E-state index < -0.39 is 23.5 Å². The number of halogens is 6. The number of hydrogen-bond acceptors (Lipinski definition) is 2. The van der Waals surface area contributed by atoms with Gasteiger partial charge in [-0.15, -0.1) is 0 Å². The summed E-state index contributed by atoms with van der Waals surface area (Å²) in [4.78, 5) is 3.99. The van der Waals surface area contributed by atoms with Crippen molar-refractivity contribution in [1.82, 2.24) is 4.40 Å². The van der Waals surface area contributed by atoms with Gasteiger partial charge in [-0.25, -0.2) is 0 Å². The van der Waals surface area contributed by atoms with Gasteiger partial charge in [0.05, 0.1) is 33.4 Å². The molecule has 0 N–H and O–H groups in total. The molecule has 2 heterocycles. The van der Waals surface area contributed by atoms with Crippen LogP contribution >= 0.6 is 0 Å². The van der Waals surface area contributed by atoms with E-state index >= 15 is 0 Å². The standard InChI is InChI=1S/C56H37F6N3/c1-34-8-18-42(19-9-34)63(43-23-14-40(15-24-43)55(57,58)59)46-22-12-38-31-48-47-27-29-51(64(44-20-10-35(2)11-21-44)45-25-16-41(17-26-45)56(60,61)62)53-49-32-37(36-6-4-3-5-7-36)13-28-50(49)65(54(47)53)52(48)33-39(38)30-46/h3-33H,1-2H3. The van der Waals surface area contributed by atoms with Gasteiger partial charge in [-0.3, -0.25) is 0 Å². The van der Waals surface area contributed by atoms with Crippen molar-refractivity contribution in [2.24, 2.45) is 0 Å². The Labute approximate surface area is 370 Å². The van der Waals surface area contributed by atoms with Gasteiger partial charge >= 0.3 is 12.4 Å². The maximum Gasteiger partial charge on any atom is 0.416 e. The molecule has 0 radical (unpaired) electrons. The number of aryl methyl sites for hydroxylation is 2. The first-order chi connectivity index (χ1) is 31.3. The Morgan fingerprint density at radius 2 is 0.923 bits per heavy atom. The third kappa shape index (κ3) is 6.86. The van der Waals surface area contributed by atoms with Gasteiger partial charge in [0.25, 0.3) is 0 Å². The Morgan fingerprint density at radius 3 is 1.49 bits per heavy atom. The highest BCUT2D eigenvalue weighted by Gasteiger charge is 2.32. The van der Waals surface area contributed by atoms with E-state index in [1.165, 1.54) is 24.3 Å². The minimum Gasteiger partial charge on any atom is -0.310 e. The summed E-state index contributed by atoms with van der Waals surface area (Å²) in [7, 11) is 0. The zero-order chi connectivity index (χ0) is 44.8. The first-order valence-electron chi connectivity index (χ1n) is 21.1. The van der Waals surface area contributed by atoms with Crippen LogP contribution in [0.3, 0.4) is 0 Å². The highest BCUT2D eigenvalue weighted by Crippen LogP contribution is 2.49. The van der Waals surface area contributed by atoms with Crippen LogP contribution in [0.25, 0.3) is 60.0 Å². The van der Waals surface area contributed by atoms with Crippen LogP contribution < -0.4 is 9.80 Å². The van der Waals surface area contributed by atoms with Crippen molar-refractivity contribution < 1.29 is 26.3 Å². The molecule has 0 amide bonds. The second-order valence-corrected chi connectivity index (χ2v) is 16.6. The topological polar surface area (TPSA) is 10.9 Å². The van der Waals surface area contributed by atoms with Gasteiger partial charge in [0.15, 0.2) is 0 Å². The van der Waals surface area contributed by atoms with Gasteiger partial charge in [0, 0.05) is 50.0 Å². The lowest BCUT2D eigenvalue weighted by Gasteiger charge is -2.27. The number of anilines is 6. The highest BCUT2D eigenvalue weighted by molar-refractivity contribution is 6.28. The van der Waals surface area contributed by atoms with Gasteiger partial charge in [-0.2, -0.15) is 26.3 Å². The summed E-state index contributed by atoms with van der Waals surface area (Å²) < 4.78 is 85.0. The van der Waals surface area contributed by atoms with Crippen LogP contribution in [0.5, 0.6) is 0 Å². The molecular formula is C56H37F6N3. The molecule has 9 aromatic carbocycles. The average molecular weight is 866 g/mol. The molecule has 0 bridgehead atoms. The predicted molar refractivity (Wildman–Crippen MR) is 253 cm³/mol. The van der Waals surface area contributed by atoms with E-state index in [1.807, 2.05) is 103 Å². The molecule has 9 heteroatoms. The van der Waals surface area contributed by atoms with Crippen molar-refractivity contribution in [1.29, 1.82) is 0 Å². The van der Waals surface area contributed by atoms with Crippen LogP contribution in [-0.2, 0) is 12.4 Å². The minimum atomic E-state index is -4.49. The summed E-state index contributed by atoms with van der Waals surface area (Å²) in [6, 6.07) is 57.6. The molecule has 65 heavy (non-hydrogen) atoms. The maximum atomic E-state index is 13.9. The molecule has 0 aliphatic carbocycles. The molecule has 11 rings (SSSR count). The third-order valence-corrected chi connectivity index (χ3v) is 12.5. The summed E-state index contributed by atoms with van der Waals surface area (Å²) in [6.45, 7) is 3.99. The quantitative estimate of drug-likeness (QED) is 0.148. The van der Waals surface area contributed by atoms with Crippen LogP contribution in [0, 0.1) is 13.8 Å². The fourth-order valence-corrected chi connectivity index (χ4v) is 9.27. The van der Waals surface area contributed by atoms with Gasteiger partial charge in [-0.1, -0.05) is 83.9 Å². The molecule has 3 nitrogen and oxygen atoms in total. The first-order valence-corrected chi connectivity index (χ1v) is 21.1. The number of aromatic nitrogens is 1. The first kappa shape index (κ1) is 40.0. The Hall–Kier alpha value is -7.78. The fraction of sp³-hybridized carbons (Fsp3) is 0.0714. The van der Waals surface area contributed by atoms with E-state index in [0.717, 1.165) is 118 Å². The molecule has 0 unspecified atom stereocenters. The van der Waals surface area contributed by atoms with Crippen LogP contribution in [-0.4, -0.2) is 4.40 Å². The molecule has 0 fully saturated rings. The maximum absolute atomic E-state index is 13.9. The van der Waals surface area contributed by atoms with E-state index in [4.69, 9.17) is 0 Å². The zero-order valence-corrected chi connectivity index (χ0v) is 35.0. The number of fused-ring (bicyclic) bond motifs is 7. The van der Waals surface area contributed by atoms with Crippen molar-refractivity contribution in [2.45, 2.75) is 26.2 Å². The van der Waals surface area contributed by atoms with Gasteiger partial charge < -0.3 is 14.2 Å². The van der Waals surface area contributed by atoms with Gasteiger partial charge in [0.1, 0.15) is 0 Å². The predicted octanol–water partition coefficient (Wildman–Crippen LogP) is 17.3. The molecule has 0 spiro atoms. The summed E-state index contributed by atoms with van der Waals surface area (Å²) in [5.41, 5.74) is 9.99. The van der Waals surface area contributed by atoms with Crippen molar-refractivity contribution in [3.63, 3.8) is 0 Å². The van der Waals surface area contributed by atoms with E-state index in [-0.39, 0.29) is 0 Å². The Bertz CT molecular complexity index is 3560. The smallest absolute Gasteiger partial charge is 0.310 e. The van der Waals surface area contributed by atoms with Crippen LogP contribution in [0.1, 0.15) is 22.3 Å². The van der Waals surface area contributed by atoms with E-state index in [2.05, 4.69) is 65.1 Å². The van der Waals surface area contributed by atoms with Crippen molar-refractivity contribution in [3.8, 4) is 11.1 Å². The molecular weight excluding hydrogens is 829 g/mol. The molecule has 11 aromatic rings. The average Bonchev–Trinajstić information content (AvgIpc) is 3.81. The van der Waals surface area contributed by atoms with Gasteiger partial charge in [0.2, 0.25) is 0 Å². The Balaban J connectivity index is 1.16. The molecule has 0 atom stereocenters. The lowest BCUT2D eigenvalue weighted by atomic mass is 9.99. The zero-order valence-electron chi connectivity index (χ0n) is 35.0. The summed E-state index contributed by atoms with van der Waals surface area (Å²) >= 11 is 0. The molecule has 318 valence electrons. The largest absolute Gasteiger partial charge is 0.416 e. The SMILES string of the molecule is Cc1ccc(N(c2ccc(C(F)(F)F)cc2)c2ccc3cc4c5ccc(N(c6ccc(C)cc6)c6ccc(C(F)(F)F)cc6)c6c7cc(-c8ccccc8)ccc7n(c4cc3c2)c56)cc1. The number of alkyl halides is 6. The van der Waals surface area contributed by atoms with Gasteiger partial charge in [-0.05, 0) is 151 Å². The number of benzene rings is 9. The lowest BCUT2D eigenvalue weighted by Crippen LogP contribution is -2.11. The fourth-order valence-electron chi connectivity index (χ4n) is 9.27. The molecule has 0 aliphatic heterocycles. The van der Waals surface area contributed by atoms with Crippen molar-refractivity contribution in [2.75, 3.05) is 9.80 Å². The lowest BCUT2D eigenvalue weighted by molar-refractivity contribution is -0.138. The van der Waals surface area contributed by atoms with Crippen LogP contribution in [0.15, 0.2) is 188 Å². The Kier molecular flexibility index (Phi) is 9.18. The van der Waals surface area contributed by atoms with Crippen molar-refractivity contribution >= 4 is 83.0 Å². The minimum absolute atomic E-state index is 0.581. The van der Waals surface area contributed by atoms with E-state index in [0.29, 0.717) is 11.4 Å². The van der Waals surface area contributed by atoms with E-state index in [9.17, 15) is 26.3 Å². The normalized spacial score (nSPS) is 12.3. The monoisotopic (exact) mass is 865 g/mol. The van der Waals surface area contributed by atoms with Crippen LogP contribution in [0.4, 0.5) is 60.5 Å².